The summed E-state index contributed by atoms with van der Waals surface area (Å²) >= 11 is 0. The molecule has 0 saturated carbocycles. The van der Waals surface area contributed by atoms with Crippen LogP contribution < -0.4 is 10.0 Å². The quantitative estimate of drug-likeness (QED) is 0.616. The lowest BCUT2D eigenvalue weighted by molar-refractivity contribution is -0.121. The van der Waals surface area contributed by atoms with Crippen LogP contribution >= 0.6 is 0 Å². The minimum absolute atomic E-state index is 0.0233. The number of halogens is 3. The number of carbonyl (C=O) groups is 1. The number of nitrogens with one attached hydrogen (secondary N) is 2. The van der Waals surface area contributed by atoms with Crippen LogP contribution in [0.1, 0.15) is 21.5 Å². The summed E-state index contributed by atoms with van der Waals surface area (Å²) in [6, 6.07) is 7.25. The van der Waals surface area contributed by atoms with Gasteiger partial charge in [-0.2, -0.15) is 13.2 Å². The molecule has 0 fully saturated rings. The summed E-state index contributed by atoms with van der Waals surface area (Å²) in [6.45, 7) is 1.58. The van der Waals surface area contributed by atoms with Gasteiger partial charge in [-0.25, -0.2) is 25.9 Å². The van der Waals surface area contributed by atoms with Gasteiger partial charge < -0.3 is 5.32 Å². The topological polar surface area (TPSA) is 113 Å². The lowest BCUT2D eigenvalue weighted by Gasteiger charge is -2.16. The maximum Gasteiger partial charge on any atom is 0.402 e. The van der Waals surface area contributed by atoms with E-state index in [0.29, 0.717) is 11.1 Å². The molecule has 176 valence electrons. The number of anilines is 1. The summed E-state index contributed by atoms with van der Waals surface area (Å²) < 4.78 is 88.2. The van der Waals surface area contributed by atoms with Gasteiger partial charge in [-0.1, -0.05) is 0 Å². The molecule has 0 spiro atoms. The number of carbonyl (C=O) groups excluding carboxylic acids is 1. The van der Waals surface area contributed by atoms with Crippen LogP contribution in [-0.2, 0) is 20.0 Å². The normalized spacial score (nSPS) is 12.8. The third-order valence-corrected chi connectivity index (χ3v) is 7.88. The van der Waals surface area contributed by atoms with Gasteiger partial charge in [0.15, 0.2) is 0 Å². The minimum atomic E-state index is -4.70. The molecular weight excluding hydrogens is 471 g/mol. The first-order valence-corrected chi connectivity index (χ1v) is 12.0. The number of hydrogen-bond acceptors (Lipinski definition) is 5. The molecule has 2 aromatic carbocycles. The van der Waals surface area contributed by atoms with Gasteiger partial charge in [0.05, 0.1) is 9.79 Å². The number of aryl methyl sites for hydroxylation is 1. The summed E-state index contributed by atoms with van der Waals surface area (Å²) in [6.07, 6.45) is -4.70. The zero-order valence-corrected chi connectivity index (χ0v) is 19.2. The summed E-state index contributed by atoms with van der Waals surface area (Å²) in [7, 11) is -5.44. The highest BCUT2D eigenvalue weighted by Gasteiger charge is 2.30. The summed E-state index contributed by atoms with van der Waals surface area (Å²) in [5.41, 5.74) is 1.31. The van der Waals surface area contributed by atoms with E-state index in [1.807, 2.05) is 0 Å². The summed E-state index contributed by atoms with van der Waals surface area (Å²) in [5.74, 6) is -0.644. The van der Waals surface area contributed by atoms with Gasteiger partial charge in [0, 0.05) is 25.3 Å². The number of hydrogen-bond donors (Lipinski definition) is 2. The number of benzene rings is 2. The summed E-state index contributed by atoms with van der Waals surface area (Å²) in [5, 5.41) is 2.51. The molecule has 1 amide bonds. The average Bonchev–Trinajstić information content (AvgIpc) is 2.68. The van der Waals surface area contributed by atoms with Crippen LogP contribution in [0, 0.1) is 13.8 Å². The van der Waals surface area contributed by atoms with Gasteiger partial charge in [-0.05, 0) is 61.4 Å². The van der Waals surface area contributed by atoms with E-state index in [1.54, 1.807) is 13.8 Å². The van der Waals surface area contributed by atoms with Crippen molar-refractivity contribution >= 4 is 31.6 Å². The van der Waals surface area contributed by atoms with Crippen LogP contribution in [0.4, 0.5) is 18.9 Å². The minimum Gasteiger partial charge on any atom is -0.322 e. The molecule has 0 aliphatic heterocycles. The second kappa shape index (κ2) is 9.17. The zero-order valence-electron chi connectivity index (χ0n) is 17.6. The molecule has 13 heteroatoms. The maximum absolute atomic E-state index is 12.6. The van der Waals surface area contributed by atoms with Gasteiger partial charge in [0.1, 0.15) is 6.54 Å². The van der Waals surface area contributed by atoms with Crippen LogP contribution in [0.3, 0.4) is 0 Å². The predicted molar refractivity (Wildman–Crippen MR) is 112 cm³/mol. The van der Waals surface area contributed by atoms with E-state index < -0.39 is 43.6 Å². The molecule has 2 rings (SSSR count). The van der Waals surface area contributed by atoms with E-state index in [-0.39, 0.29) is 16.1 Å². The van der Waals surface area contributed by atoms with Crippen molar-refractivity contribution in [1.82, 2.24) is 9.03 Å². The Morgan fingerprint density at radius 2 is 1.56 bits per heavy atom. The monoisotopic (exact) mass is 493 g/mol. The largest absolute Gasteiger partial charge is 0.402 e. The molecular formula is C19H22F3N3O5S2. The van der Waals surface area contributed by atoms with Crippen molar-refractivity contribution in [1.29, 1.82) is 0 Å². The standard InChI is InChI=1S/C19H22F3N3O5S2/c1-12-9-14(10-17(13(12)2)32(29,30)25(3)4)18(26)24-15-5-7-16(8-6-15)31(27,28)23-11-19(20,21)22/h5-10,23H,11H2,1-4H3,(H,24,26). The van der Waals surface area contributed by atoms with Crippen molar-refractivity contribution in [3.8, 4) is 0 Å². The third kappa shape index (κ3) is 6.06. The Morgan fingerprint density at radius 1 is 1.00 bits per heavy atom. The average molecular weight is 494 g/mol. The van der Waals surface area contributed by atoms with Crippen molar-refractivity contribution in [2.75, 3.05) is 26.0 Å². The highest BCUT2D eigenvalue weighted by molar-refractivity contribution is 7.89. The molecule has 0 bridgehead atoms. The van der Waals surface area contributed by atoms with Crippen molar-refractivity contribution in [2.45, 2.75) is 29.8 Å². The summed E-state index contributed by atoms with van der Waals surface area (Å²) in [4.78, 5) is 12.2. The molecule has 0 unspecified atom stereocenters. The Balaban J connectivity index is 2.26. The Kier molecular flexibility index (Phi) is 7.39. The van der Waals surface area contributed by atoms with E-state index in [4.69, 9.17) is 0 Å². The van der Waals surface area contributed by atoms with Crippen molar-refractivity contribution in [3.05, 3.63) is 53.1 Å². The van der Waals surface area contributed by atoms with Crippen LogP contribution in [0.25, 0.3) is 0 Å². The van der Waals surface area contributed by atoms with E-state index in [1.165, 1.54) is 43.1 Å². The van der Waals surface area contributed by atoms with Crippen molar-refractivity contribution in [2.24, 2.45) is 0 Å². The Bertz CT molecular complexity index is 1220. The fourth-order valence-corrected chi connectivity index (χ4v) is 4.84. The van der Waals surface area contributed by atoms with Crippen molar-refractivity contribution in [3.63, 3.8) is 0 Å². The lowest BCUT2D eigenvalue weighted by atomic mass is 10.1. The molecule has 0 aromatic heterocycles. The zero-order chi connectivity index (χ0) is 24.5. The molecule has 0 atom stereocenters. The molecule has 0 saturated heterocycles. The van der Waals surface area contributed by atoms with Gasteiger partial charge in [0.25, 0.3) is 5.91 Å². The van der Waals surface area contributed by atoms with E-state index in [0.717, 1.165) is 16.4 Å². The van der Waals surface area contributed by atoms with Crippen molar-refractivity contribution < 1.29 is 34.8 Å². The molecule has 0 aliphatic carbocycles. The molecule has 0 heterocycles. The Morgan fingerprint density at radius 3 is 2.06 bits per heavy atom. The van der Waals surface area contributed by atoms with Crippen LogP contribution in [0.15, 0.2) is 46.2 Å². The second-order valence-electron chi connectivity index (χ2n) is 7.12. The molecule has 0 aliphatic rings. The van der Waals surface area contributed by atoms with E-state index in [2.05, 4.69) is 5.32 Å². The SMILES string of the molecule is Cc1cc(C(=O)Nc2ccc(S(=O)(=O)NCC(F)(F)F)cc2)cc(S(=O)(=O)N(C)C)c1C. The first-order valence-electron chi connectivity index (χ1n) is 9.06. The highest BCUT2D eigenvalue weighted by Crippen LogP contribution is 2.24. The van der Waals surface area contributed by atoms with Gasteiger partial charge in [-0.15, -0.1) is 0 Å². The molecule has 0 radical (unpaired) electrons. The third-order valence-electron chi connectivity index (χ3n) is 4.53. The maximum atomic E-state index is 12.6. The van der Waals surface area contributed by atoms with Crippen LogP contribution in [0.2, 0.25) is 0 Å². The van der Waals surface area contributed by atoms with Crippen LogP contribution in [0.5, 0.6) is 0 Å². The van der Waals surface area contributed by atoms with Gasteiger partial charge in [0.2, 0.25) is 20.0 Å². The smallest absolute Gasteiger partial charge is 0.322 e. The van der Waals surface area contributed by atoms with E-state index in [9.17, 15) is 34.8 Å². The number of rotatable bonds is 7. The Labute approximate surface area is 184 Å². The second-order valence-corrected chi connectivity index (χ2v) is 11.0. The van der Waals surface area contributed by atoms with E-state index >= 15 is 0 Å². The number of nitrogens with zero attached hydrogens (tertiary/aromatic N) is 1. The number of sulfonamides is 2. The first-order chi connectivity index (χ1) is 14.5. The predicted octanol–water partition coefficient (Wildman–Crippen LogP) is 2.65. The number of alkyl halides is 3. The fourth-order valence-electron chi connectivity index (χ4n) is 2.60. The molecule has 32 heavy (non-hydrogen) atoms. The van der Waals surface area contributed by atoms with Crippen LogP contribution in [-0.4, -0.2) is 53.9 Å². The Hall–Kier alpha value is -2.48. The lowest BCUT2D eigenvalue weighted by Crippen LogP contribution is -2.33. The molecule has 8 nitrogen and oxygen atoms in total. The van der Waals surface area contributed by atoms with Gasteiger partial charge >= 0.3 is 6.18 Å². The fraction of sp³-hybridized carbons (Fsp3) is 0.316. The molecule has 2 N–H and O–H groups in total. The van der Waals surface area contributed by atoms with Gasteiger partial charge in [-0.3, -0.25) is 4.79 Å². The highest BCUT2D eigenvalue weighted by atomic mass is 32.2. The first kappa shape index (κ1) is 25.8. The number of amides is 1. The molecule has 2 aromatic rings.